The molecule has 0 aromatic heterocycles. The van der Waals surface area contributed by atoms with Crippen molar-refractivity contribution < 1.29 is 0 Å². The van der Waals surface area contributed by atoms with Gasteiger partial charge in [-0.2, -0.15) is 0 Å². The largest absolute Gasteiger partial charge is 0.399 e. The van der Waals surface area contributed by atoms with Gasteiger partial charge in [-0.15, -0.1) is 0 Å². The monoisotopic (exact) mass is 232 g/mol. The van der Waals surface area contributed by atoms with Crippen LogP contribution in [-0.4, -0.2) is 13.1 Å². The second kappa shape index (κ2) is 6.06. The van der Waals surface area contributed by atoms with E-state index in [0.29, 0.717) is 5.92 Å². The fourth-order valence-electron chi connectivity index (χ4n) is 2.15. The normalized spacial score (nSPS) is 17.0. The van der Waals surface area contributed by atoms with E-state index in [1.165, 1.54) is 37.8 Å². The highest BCUT2D eigenvalue weighted by Crippen LogP contribution is 2.31. The second-order valence-electron chi connectivity index (χ2n) is 5.34. The third-order valence-corrected chi connectivity index (χ3v) is 3.69. The number of hydrogen-bond acceptors (Lipinski definition) is 2. The Kier molecular flexibility index (Phi) is 4.43. The van der Waals surface area contributed by atoms with Crippen molar-refractivity contribution in [2.45, 2.75) is 38.5 Å². The number of hydrogen-bond donors (Lipinski definition) is 2. The summed E-state index contributed by atoms with van der Waals surface area (Å²) in [5, 5.41) is 3.54. The van der Waals surface area contributed by atoms with Crippen LogP contribution in [0.3, 0.4) is 0 Å². The molecule has 0 heterocycles. The maximum Gasteiger partial charge on any atom is 0.0314 e. The lowest BCUT2D eigenvalue weighted by molar-refractivity contribution is 0.565. The van der Waals surface area contributed by atoms with E-state index < -0.39 is 0 Å². The predicted molar refractivity (Wildman–Crippen MR) is 74.1 cm³/mol. The third kappa shape index (κ3) is 4.39. The molecule has 0 saturated heterocycles. The molecule has 2 rings (SSSR count). The van der Waals surface area contributed by atoms with Crippen molar-refractivity contribution in [2.24, 2.45) is 5.92 Å². The van der Waals surface area contributed by atoms with E-state index in [4.69, 9.17) is 5.73 Å². The van der Waals surface area contributed by atoms with Crippen molar-refractivity contribution in [2.75, 3.05) is 18.8 Å². The molecule has 1 aliphatic rings. The number of nitrogens with one attached hydrogen (secondary N) is 1. The van der Waals surface area contributed by atoms with Gasteiger partial charge in [0.25, 0.3) is 0 Å². The molecule has 1 aromatic rings. The molecule has 17 heavy (non-hydrogen) atoms. The van der Waals surface area contributed by atoms with Crippen LogP contribution in [0.4, 0.5) is 5.69 Å². The molecule has 0 spiro atoms. The molecule has 0 bridgehead atoms. The summed E-state index contributed by atoms with van der Waals surface area (Å²) in [5.74, 6) is 1.65. The van der Waals surface area contributed by atoms with Gasteiger partial charge in [0, 0.05) is 5.69 Å². The van der Waals surface area contributed by atoms with E-state index in [0.717, 1.165) is 18.2 Å². The summed E-state index contributed by atoms with van der Waals surface area (Å²) in [6, 6.07) is 8.27. The third-order valence-electron chi connectivity index (χ3n) is 3.69. The van der Waals surface area contributed by atoms with E-state index in [1.54, 1.807) is 0 Å². The lowest BCUT2D eigenvalue weighted by Gasteiger charge is -2.12. The van der Waals surface area contributed by atoms with Crippen LogP contribution in [0.5, 0.6) is 0 Å². The average molecular weight is 232 g/mol. The fourth-order valence-corrected chi connectivity index (χ4v) is 2.15. The van der Waals surface area contributed by atoms with Crippen molar-refractivity contribution in [3.63, 3.8) is 0 Å². The fraction of sp³-hybridized carbons (Fsp3) is 0.600. The molecule has 1 unspecified atom stereocenters. The standard InChI is InChI=1S/C15H24N2/c1-12(14-4-6-15(16)7-5-14)8-10-17-11-9-13-2-3-13/h4-7,12-13,17H,2-3,8-11,16H2,1H3. The van der Waals surface area contributed by atoms with E-state index in [-0.39, 0.29) is 0 Å². The summed E-state index contributed by atoms with van der Waals surface area (Å²) in [7, 11) is 0. The zero-order valence-corrected chi connectivity index (χ0v) is 10.8. The molecule has 0 aliphatic heterocycles. The van der Waals surface area contributed by atoms with Gasteiger partial charge in [-0.1, -0.05) is 31.9 Å². The Morgan fingerprint density at radius 1 is 1.24 bits per heavy atom. The van der Waals surface area contributed by atoms with Gasteiger partial charge >= 0.3 is 0 Å². The van der Waals surface area contributed by atoms with Gasteiger partial charge in [-0.3, -0.25) is 0 Å². The molecule has 2 heteroatoms. The number of benzene rings is 1. The minimum Gasteiger partial charge on any atom is -0.399 e. The first-order valence-corrected chi connectivity index (χ1v) is 6.82. The van der Waals surface area contributed by atoms with Crippen molar-refractivity contribution in [1.29, 1.82) is 0 Å². The van der Waals surface area contributed by atoms with Crippen molar-refractivity contribution >= 4 is 5.69 Å². The second-order valence-corrected chi connectivity index (χ2v) is 5.34. The number of rotatable bonds is 7. The van der Waals surface area contributed by atoms with Crippen LogP contribution in [0.1, 0.15) is 44.1 Å². The molecule has 2 nitrogen and oxygen atoms in total. The van der Waals surface area contributed by atoms with Gasteiger partial charge < -0.3 is 11.1 Å². The highest BCUT2D eigenvalue weighted by molar-refractivity contribution is 5.40. The van der Waals surface area contributed by atoms with Gasteiger partial charge in [0.05, 0.1) is 0 Å². The van der Waals surface area contributed by atoms with E-state index in [1.807, 2.05) is 12.1 Å². The molecule has 0 radical (unpaired) electrons. The lowest BCUT2D eigenvalue weighted by atomic mass is 9.97. The summed E-state index contributed by atoms with van der Waals surface area (Å²) < 4.78 is 0. The quantitative estimate of drug-likeness (QED) is 0.560. The Morgan fingerprint density at radius 3 is 2.59 bits per heavy atom. The predicted octanol–water partition coefficient (Wildman–Crippen LogP) is 3.15. The molecule has 1 aliphatic carbocycles. The van der Waals surface area contributed by atoms with Crippen LogP contribution in [0.25, 0.3) is 0 Å². The van der Waals surface area contributed by atoms with E-state index in [2.05, 4.69) is 24.4 Å². The Hall–Kier alpha value is -1.02. The maximum absolute atomic E-state index is 5.69. The Bertz CT molecular complexity index is 327. The summed E-state index contributed by atoms with van der Waals surface area (Å²) >= 11 is 0. The number of nitrogens with two attached hydrogens (primary N) is 1. The Labute approximate surface area is 105 Å². The SMILES string of the molecule is CC(CCNCCC1CC1)c1ccc(N)cc1. The molecular weight excluding hydrogens is 208 g/mol. The molecular formula is C15H24N2. The van der Waals surface area contributed by atoms with Crippen LogP contribution >= 0.6 is 0 Å². The first kappa shape index (κ1) is 12.4. The minimum absolute atomic E-state index is 0.615. The van der Waals surface area contributed by atoms with E-state index in [9.17, 15) is 0 Å². The van der Waals surface area contributed by atoms with Crippen LogP contribution in [0.15, 0.2) is 24.3 Å². The number of nitrogen functional groups attached to an aromatic ring is 1. The van der Waals surface area contributed by atoms with E-state index >= 15 is 0 Å². The smallest absolute Gasteiger partial charge is 0.0314 e. The zero-order chi connectivity index (χ0) is 12.1. The van der Waals surface area contributed by atoms with Gasteiger partial charge in [0.2, 0.25) is 0 Å². The summed E-state index contributed by atoms with van der Waals surface area (Å²) in [6.07, 6.45) is 5.50. The van der Waals surface area contributed by atoms with Gasteiger partial charge in [-0.05, 0) is 55.5 Å². The highest BCUT2D eigenvalue weighted by atomic mass is 14.8. The van der Waals surface area contributed by atoms with Gasteiger partial charge in [0.15, 0.2) is 0 Å². The molecule has 3 N–H and O–H groups in total. The van der Waals surface area contributed by atoms with Crippen LogP contribution in [0.2, 0.25) is 0 Å². The van der Waals surface area contributed by atoms with Crippen LogP contribution in [-0.2, 0) is 0 Å². The molecule has 0 amide bonds. The minimum atomic E-state index is 0.615. The van der Waals surface area contributed by atoms with Crippen LogP contribution in [0, 0.1) is 5.92 Å². The Balaban J connectivity index is 1.62. The topological polar surface area (TPSA) is 38.0 Å². The molecule has 1 atom stereocenters. The molecule has 94 valence electrons. The van der Waals surface area contributed by atoms with Crippen molar-refractivity contribution in [3.05, 3.63) is 29.8 Å². The van der Waals surface area contributed by atoms with Crippen molar-refractivity contribution in [3.8, 4) is 0 Å². The molecule has 1 fully saturated rings. The average Bonchev–Trinajstić information content (AvgIpc) is 3.13. The highest BCUT2D eigenvalue weighted by Gasteiger charge is 2.19. The summed E-state index contributed by atoms with van der Waals surface area (Å²) in [4.78, 5) is 0. The summed E-state index contributed by atoms with van der Waals surface area (Å²) in [6.45, 7) is 4.60. The molecule has 1 saturated carbocycles. The van der Waals surface area contributed by atoms with Crippen molar-refractivity contribution in [1.82, 2.24) is 5.32 Å². The lowest BCUT2D eigenvalue weighted by Crippen LogP contribution is -2.18. The van der Waals surface area contributed by atoms with Crippen LogP contribution < -0.4 is 11.1 Å². The summed E-state index contributed by atoms with van der Waals surface area (Å²) in [5.41, 5.74) is 7.93. The number of anilines is 1. The Morgan fingerprint density at radius 2 is 1.94 bits per heavy atom. The zero-order valence-electron chi connectivity index (χ0n) is 10.8. The molecule has 1 aromatic carbocycles. The maximum atomic E-state index is 5.69. The first-order valence-electron chi connectivity index (χ1n) is 6.82. The van der Waals surface area contributed by atoms with Gasteiger partial charge in [0.1, 0.15) is 0 Å². The van der Waals surface area contributed by atoms with Gasteiger partial charge in [-0.25, -0.2) is 0 Å². The first-order chi connectivity index (χ1) is 8.25.